The van der Waals surface area contributed by atoms with Crippen LogP contribution in [0.2, 0.25) is 0 Å². The van der Waals surface area contributed by atoms with Gasteiger partial charge in [-0.05, 0) is 44.2 Å². The highest BCUT2D eigenvalue weighted by Crippen LogP contribution is 2.29. The molecule has 19 heavy (non-hydrogen) atoms. The summed E-state index contributed by atoms with van der Waals surface area (Å²) in [5, 5.41) is 0. The van der Waals surface area contributed by atoms with E-state index in [1.165, 1.54) is 0 Å². The summed E-state index contributed by atoms with van der Waals surface area (Å²) in [6.45, 7) is 4.57. The molecule has 100 valence electrons. The predicted molar refractivity (Wildman–Crippen MR) is 76.7 cm³/mol. The Bertz CT molecular complexity index is 521. The van der Waals surface area contributed by atoms with Crippen LogP contribution in [-0.2, 0) is 0 Å². The number of hydrogen-bond donors (Lipinski definition) is 1. The highest BCUT2D eigenvalue weighted by Gasteiger charge is 2.08. The quantitative estimate of drug-likeness (QED) is 0.883. The fourth-order valence-electron chi connectivity index (χ4n) is 1.85. The van der Waals surface area contributed by atoms with E-state index in [9.17, 15) is 0 Å². The molecule has 1 atom stereocenters. The molecule has 0 unspecified atom stereocenters. The van der Waals surface area contributed by atoms with E-state index in [1.807, 2.05) is 62.4 Å². The molecule has 0 aliphatic carbocycles. The van der Waals surface area contributed by atoms with Crippen molar-refractivity contribution < 1.29 is 9.47 Å². The molecule has 2 N–H and O–H groups in total. The van der Waals surface area contributed by atoms with Gasteiger partial charge < -0.3 is 15.2 Å². The second kappa shape index (κ2) is 6.25. The highest BCUT2D eigenvalue weighted by atomic mass is 16.5. The standard InChI is InChI=1S/C16H19NO2/c1-3-18-13-8-10-14(11-9-13)19-16-7-5-4-6-15(16)12(2)17/h4-12H,3,17H2,1-2H3/t12-/m1/s1. The van der Waals surface area contributed by atoms with Gasteiger partial charge in [0.1, 0.15) is 17.2 Å². The zero-order valence-corrected chi connectivity index (χ0v) is 11.3. The van der Waals surface area contributed by atoms with Crippen molar-refractivity contribution in [1.82, 2.24) is 0 Å². The van der Waals surface area contributed by atoms with Crippen molar-refractivity contribution in [1.29, 1.82) is 0 Å². The number of ether oxygens (including phenoxy) is 2. The summed E-state index contributed by atoms with van der Waals surface area (Å²) >= 11 is 0. The van der Waals surface area contributed by atoms with Gasteiger partial charge in [0, 0.05) is 11.6 Å². The number of rotatable bonds is 5. The smallest absolute Gasteiger partial charge is 0.132 e. The molecule has 0 heterocycles. The second-order valence-corrected chi connectivity index (χ2v) is 4.33. The zero-order valence-electron chi connectivity index (χ0n) is 11.3. The van der Waals surface area contributed by atoms with E-state index in [0.717, 1.165) is 22.8 Å². The van der Waals surface area contributed by atoms with Crippen molar-refractivity contribution in [3.05, 3.63) is 54.1 Å². The van der Waals surface area contributed by atoms with Crippen LogP contribution in [0.1, 0.15) is 25.5 Å². The molecule has 0 radical (unpaired) electrons. The van der Waals surface area contributed by atoms with Gasteiger partial charge in [-0.15, -0.1) is 0 Å². The Hall–Kier alpha value is -2.00. The van der Waals surface area contributed by atoms with Gasteiger partial charge in [0.15, 0.2) is 0 Å². The summed E-state index contributed by atoms with van der Waals surface area (Å²) in [6, 6.07) is 15.3. The van der Waals surface area contributed by atoms with Gasteiger partial charge >= 0.3 is 0 Å². The Morgan fingerprint density at radius 2 is 1.63 bits per heavy atom. The van der Waals surface area contributed by atoms with Crippen LogP contribution >= 0.6 is 0 Å². The molecule has 3 heteroatoms. The van der Waals surface area contributed by atoms with Gasteiger partial charge in [-0.25, -0.2) is 0 Å². The number of hydrogen-bond acceptors (Lipinski definition) is 3. The third kappa shape index (κ3) is 3.48. The summed E-state index contributed by atoms with van der Waals surface area (Å²) in [6.07, 6.45) is 0. The average molecular weight is 257 g/mol. The van der Waals surface area contributed by atoms with Crippen LogP contribution in [0.5, 0.6) is 17.2 Å². The van der Waals surface area contributed by atoms with Crippen LogP contribution in [0.25, 0.3) is 0 Å². The molecule has 2 aromatic rings. The van der Waals surface area contributed by atoms with Gasteiger partial charge in [-0.2, -0.15) is 0 Å². The first kappa shape index (κ1) is 13.4. The molecule has 0 saturated heterocycles. The van der Waals surface area contributed by atoms with E-state index in [2.05, 4.69) is 0 Å². The summed E-state index contributed by atoms with van der Waals surface area (Å²) in [5.74, 6) is 2.41. The van der Waals surface area contributed by atoms with Crippen molar-refractivity contribution in [2.75, 3.05) is 6.61 Å². The molecule has 0 amide bonds. The van der Waals surface area contributed by atoms with Crippen molar-refractivity contribution in [3.63, 3.8) is 0 Å². The molecule has 0 aliphatic heterocycles. The lowest BCUT2D eigenvalue weighted by molar-refractivity contribution is 0.339. The molecule has 3 nitrogen and oxygen atoms in total. The highest BCUT2D eigenvalue weighted by molar-refractivity contribution is 5.40. The summed E-state index contributed by atoms with van der Waals surface area (Å²) in [4.78, 5) is 0. The summed E-state index contributed by atoms with van der Waals surface area (Å²) in [7, 11) is 0. The fourth-order valence-corrected chi connectivity index (χ4v) is 1.85. The van der Waals surface area contributed by atoms with Crippen molar-refractivity contribution in [2.24, 2.45) is 5.73 Å². The maximum absolute atomic E-state index is 5.93. The Morgan fingerprint density at radius 3 is 2.26 bits per heavy atom. The van der Waals surface area contributed by atoms with Gasteiger partial charge in [0.05, 0.1) is 6.61 Å². The van der Waals surface area contributed by atoms with E-state index in [-0.39, 0.29) is 6.04 Å². The Balaban J connectivity index is 2.17. The van der Waals surface area contributed by atoms with Crippen molar-refractivity contribution in [3.8, 4) is 17.2 Å². The first-order chi connectivity index (χ1) is 9.20. The van der Waals surface area contributed by atoms with Crippen LogP contribution in [0.15, 0.2) is 48.5 Å². The molecular weight excluding hydrogens is 238 g/mol. The molecule has 2 aromatic carbocycles. The number of benzene rings is 2. The minimum Gasteiger partial charge on any atom is -0.494 e. The first-order valence-electron chi connectivity index (χ1n) is 6.46. The van der Waals surface area contributed by atoms with Crippen LogP contribution in [0.4, 0.5) is 0 Å². The molecule has 0 saturated carbocycles. The van der Waals surface area contributed by atoms with E-state index in [1.54, 1.807) is 0 Å². The van der Waals surface area contributed by atoms with Crippen molar-refractivity contribution >= 4 is 0 Å². The lowest BCUT2D eigenvalue weighted by Crippen LogP contribution is -2.06. The van der Waals surface area contributed by atoms with E-state index >= 15 is 0 Å². The monoisotopic (exact) mass is 257 g/mol. The Kier molecular flexibility index (Phi) is 4.42. The maximum Gasteiger partial charge on any atom is 0.132 e. The first-order valence-corrected chi connectivity index (χ1v) is 6.46. The normalized spacial score (nSPS) is 11.9. The topological polar surface area (TPSA) is 44.5 Å². The minimum absolute atomic E-state index is 0.0566. The average Bonchev–Trinajstić information content (AvgIpc) is 2.42. The fraction of sp³-hybridized carbons (Fsp3) is 0.250. The van der Waals surface area contributed by atoms with Crippen LogP contribution in [-0.4, -0.2) is 6.61 Å². The lowest BCUT2D eigenvalue weighted by Gasteiger charge is -2.13. The maximum atomic E-state index is 5.93. The van der Waals surface area contributed by atoms with Crippen LogP contribution in [0, 0.1) is 0 Å². The third-order valence-electron chi connectivity index (χ3n) is 2.77. The largest absolute Gasteiger partial charge is 0.494 e. The summed E-state index contributed by atoms with van der Waals surface area (Å²) < 4.78 is 11.3. The van der Waals surface area contributed by atoms with E-state index in [0.29, 0.717) is 6.61 Å². The van der Waals surface area contributed by atoms with Crippen LogP contribution in [0.3, 0.4) is 0 Å². The zero-order chi connectivity index (χ0) is 13.7. The van der Waals surface area contributed by atoms with Crippen molar-refractivity contribution in [2.45, 2.75) is 19.9 Å². The molecule has 0 bridgehead atoms. The Morgan fingerprint density at radius 1 is 1.00 bits per heavy atom. The van der Waals surface area contributed by atoms with Gasteiger partial charge in [0.2, 0.25) is 0 Å². The Labute approximate surface area is 114 Å². The molecule has 0 aromatic heterocycles. The second-order valence-electron chi connectivity index (χ2n) is 4.33. The SMILES string of the molecule is CCOc1ccc(Oc2ccccc2[C@@H](C)N)cc1. The number of nitrogens with two attached hydrogens (primary N) is 1. The molecule has 2 rings (SSSR count). The number of para-hydroxylation sites is 1. The third-order valence-corrected chi connectivity index (χ3v) is 2.77. The molecule has 0 fully saturated rings. The lowest BCUT2D eigenvalue weighted by atomic mass is 10.1. The summed E-state index contributed by atoms with van der Waals surface area (Å²) in [5.41, 5.74) is 6.93. The van der Waals surface area contributed by atoms with E-state index in [4.69, 9.17) is 15.2 Å². The molecular formula is C16H19NO2. The molecule has 0 spiro atoms. The predicted octanol–water partition coefficient (Wildman–Crippen LogP) is 3.90. The molecule has 0 aliphatic rings. The van der Waals surface area contributed by atoms with Gasteiger partial charge in [-0.3, -0.25) is 0 Å². The van der Waals surface area contributed by atoms with Gasteiger partial charge in [0.25, 0.3) is 0 Å². The van der Waals surface area contributed by atoms with Gasteiger partial charge in [-0.1, -0.05) is 18.2 Å². The van der Waals surface area contributed by atoms with Crippen LogP contribution < -0.4 is 15.2 Å². The van der Waals surface area contributed by atoms with E-state index < -0.39 is 0 Å². The minimum atomic E-state index is -0.0566.